The van der Waals surface area contributed by atoms with Crippen molar-refractivity contribution in [3.8, 4) is 5.75 Å². The van der Waals surface area contributed by atoms with Gasteiger partial charge in [0.2, 0.25) is 10.0 Å². The fourth-order valence-electron chi connectivity index (χ4n) is 1.62. The van der Waals surface area contributed by atoms with Crippen molar-refractivity contribution >= 4 is 28.5 Å². The number of sulfonamides is 1. The van der Waals surface area contributed by atoms with Crippen molar-refractivity contribution < 1.29 is 22.7 Å². The lowest BCUT2D eigenvalue weighted by molar-refractivity contribution is 0.149. The lowest BCUT2D eigenvalue weighted by atomic mass is 10.1. The lowest BCUT2D eigenvalue weighted by Gasteiger charge is -2.16. The first-order chi connectivity index (χ1) is 9.29. The highest BCUT2D eigenvalue weighted by atomic mass is 35.5. The number of nitrogens with one attached hydrogen (secondary N) is 1. The third-order valence-corrected chi connectivity index (χ3v) is 3.54. The topological polar surface area (TPSA) is 108 Å². The minimum atomic E-state index is -3.91. The van der Waals surface area contributed by atoms with E-state index in [2.05, 4.69) is 5.32 Å². The van der Waals surface area contributed by atoms with Gasteiger partial charge in [-0.15, -0.1) is 12.4 Å². The van der Waals surface area contributed by atoms with Gasteiger partial charge < -0.3 is 14.8 Å². The van der Waals surface area contributed by atoms with Crippen molar-refractivity contribution in [2.45, 2.75) is 24.8 Å². The highest BCUT2D eigenvalue weighted by Gasteiger charge is 2.18. The highest BCUT2D eigenvalue weighted by molar-refractivity contribution is 7.89. The molecule has 0 heterocycles. The van der Waals surface area contributed by atoms with E-state index in [1.807, 2.05) is 0 Å². The van der Waals surface area contributed by atoms with E-state index in [4.69, 9.17) is 14.6 Å². The minimum absolute atomic E-state index is 0. The van der Waals surface area contributed by atoms with Crippen LogP contribution in [-0.2, 0) is 14.8 Å². The van der Waals surface area contributed by atoms with E-state index >= 15 is 0 Å². The van der Waals surface area contributed by atoms with Gasteiger partial charge >= 0.3 is 6.09 Å². The zero-order chi connectivity index (χ0) is 15.3. The molecule has 0 saturated heterocycles. The first-order valence-corrected chi connectivity index (χ1v) is 7.48. The molecule has 0 bridgehead atoms. The molecule has 0 radical (unpaired) electrons. The van der Waals surface area contributed by atoms with Crippen molar-refractivity contribution in [1.29, 1.82) is 0 Å². The molecule has 0 saturated carbocycles. The van der Waals surface area contributed by atoms with Crippen LogP contribution in [0.2, 0.25) is 0 Å². The maximum Gasteiger partial charge on any atom is 0.407 e. The van der Waals surface area contributed by atoms with Crippen molar-refractivity contribution in [2.24, 2.45) is 5.14 Å². The quantitative estimate of drug-likeness (QED) is 0.847. The average Bonchev–Trinajstić information content (AvgIpc) is 2.37. The van der Waals surface area contributed by atoms with E-state index in [-0.39, 0.29) is 29.7 Å². The lowest BCUT2D eigenvalue weighted by Crippen LogP contribution is -2.27. The molecule has 1 amide bonds. The number of nitrogens with two attached hydrogens (primary N) is 1. The zero-order valence-corrected chi connectivity index (χ0v) is 13.6. The van der Waals surface area contributed by atoms with Crippen LogP contribution in [0, 0.1) is 0 Å². The van der Waals surface area contributed by atoms with Crippen molar-refractivity contribution in [1.82, 2.24) is 5.32 Å². The van der Waals surface area contributed by atoms with Crippen LogP contribution in [0.1, 0.15) is 25.5 Å². The SMILES string of the molecule is CCOC(=O)N[C@@H](C)c1ccc(OC)c(S(N)(=O)=O)c1.Cl. The number of rotatable bonds is 5. The van der Waals surface area contributed by atoms with E-state index < -0.39 is 22.2 Å². The number of benzene rings is 1. The Hall–Kier alpha value is -1.51. The molecule has 7 nitrogen and oxygen atoms in total. The number of ether oxygens (including phenoxy) is 2. The number of carbonyl (C=O) groups excluding carboxylic acids is 1. The van der Waals surface area contributed by atoms with E-state index in [9.17, 15) is 13.2 Å². The van der Waals surface area contributed by atoms with Gasteiger partial charge in [-0.2, -0.15) is 0 Å². The summed E-state index contributed by atoms with van der Waals surface area (Å²) in [4.78, 5) is 11.2. The molecule has 0 aliphatic heterocycles. The van der Waals surface area contributed by atoms with Crippen LogP contribution in [0.5, 0.6) is 5.75 Å². The molecular weight excluding hydrogens is 320 g/mol. The molecule has 0 aromatic heterocycles. The minimum Gasteiger partial charge on any atom is -0.495 e. The molecule has 0 aliphatic carbocycles. The third kappa shape index (κ3) is 5.41. The van der Waals surface area contributed by atoms with E-state index in [1.54, 1.807) is 19.9 Å². The van der Waals surface area contributed by atoms with Gasteiger partial charge in [-0.05, 0) is 31.5 Å². The Morgan fingerprint density at radius 1 is 1.43 bits per heavy atom. The van der Waals surface area contributed by atoms with Gasteiger partial charge in [-0.3, -0.25) is 0 Å². The Labute approximate surface area is 130 Å². The monoisotopic (exact) mass is 338 g/mol. The maximum atomic E-state index is 11.5. The number of halogens is 1. The fourth-order valence-corrected chi connectivity index (χ4v) is 2.35. The molecular formula is C12H19ClN2O5S. The molecule has 9 heteroatoms. The summed E-state index contributed by atoms with van der Waals surface area (Å²) in [5.74, 6) is 0.152. The van der Waals surface area contributed by atoms with Crippen LogP contribution < -0.4 is 15.2 Å². The molecule has 120 valence electrons. The molecule has 0 unspecified atom stereocenters. The predicted octanol–water partition coefficient (Wildman–Crippen LogP) is 1.57. The smallest absolute Gasteiger partial charge is 0.407 e. The zero-order valence-electron chi connectivity index (χ0n) is 12.0. The Morgan fingerprint density at radius 3 is 2.52 bits per heavy atom. The largest absolute Gasteiger partial charge is 0.495 e. The Morgan fingerprint density at radius 2 is 2.05 bits per heavy atom. The summed E-state index contributed by atoms with van der Waals surface area (Å²) in [5.41, 5.74) is 0.572. The number of methoxy groups -OCH3 is 1. The number of carbonyl (C=O) groups is 1. The summed E-state index contributed by atoms with van der Waals surface area (Å²) in [7, 11) is -2.56. The second kappa shape index (κ2) is 8.06. The fraction of sp³-hybridized carbons (Fsp3) is 0.417. The molecule has 3 N–H and O–H groups in total. The van der Waals surface area contributed by atoms with Gasteiger partial charge in [0, 0.05) is 0 Å². The first-order valence-electron chi connectivity index (χ1n) is 5.93. The normalized spacial score (nSPS) is 12.0. The van der Waals surface area contributed by atoms with Crippen molar-refractivity contribution in [3.63, 3.8) is 0 Å². The maximum absolute atomic E-state index is 11.5. The van der Waals surface area contributed by atoms with Crippen LogP contribution >= 0.6 is 12.4 Å². The summed E-state index contributed by atoms with van der Waals surface area (Å²) in [6.07, 6.45) is -0.576. The molecule has 21 heavy (non-hydrogen) atoms. The number of primary sulfonamides is 1. The van der Waals surface area contributed by atoms with Gasteiger partial charge in [0.1, 0.15) is 10.6 Å². The highest BCUT2D eigenvalue weighted by Crippen LogP contribution is 2.26. The van der Waals surface area contributed by atoms with Crippen LogP contribution in [0.25, 0.3) is 0 Å². The molecule has 0 aliphatic rings. The van der Waals surface area contributed by atoms with Crippen molar-refractivity contribution in [2.75, 3.05) is 13.7 Å². The van der Waals surface area contributed by atoms with Crippen LogP contribution in [0.4, 0.5) is 4.79 Å². The van der Waals surface area contributed by atoms with Crippen LogP contribution in [0.3, 0.4) is 0 Å². The van der Waals surface area contributed by atoms with Crippen molar-refractivity contribution in [3.05, 3.63) is 23.8 Å². The van der Waals surface area contributed by atoms with Crippen LogP contribution in [0.15, 0.2) is 23.1 Å². The number of alkyl carbamates (subject to hydrolysis) is 1. The van der Waals surface area contributed by atoms with E-state index in [0.29, 0.717) is 5.56 Å². The van der Waals surface area contributed by atoms with Crippen LogP contribution in [-0.4, -0.2) is 28.2 Å². The summed E-state index contributed by atoms with van der Waals surface area (Å²) >= 11 is 0. The molecule has 1 aromatic rings. The second-order valence-electron chi connectivity index (χ2n) is 4.04. The van der Waals surface area contributed by atoms with Gasteiger partial charge in [0.05, 0.1) is 19.8 Å². The Balaban J connectivity index is 0.00000400. The second-order valence-corrected chi connectivity index (χ2v) is 5.57. The molecule has 1 rings (SSSR count). The predicted molar refractivity (Wildman–Crippen MR) is 80.2 cm³/mol. The summed E-state index contributed by atoms with van der Waals surface area (Å²) in [6.45, 7) is 3.64. The molecule has 0 spiro atoms. The van der Waals surface area contributed by atoms with Gasteiger partial charge in [0.25, 0.3) is 0 Å². The van der Waals surface area contributed by atoms with E-state index in [1.165, 1.54) is 19.2 Å². The Bertz CT molecular complexity index is 591. The van der Waals surface area contributed by atoms with E-state index in [0.717, 1.165) is 0 Å². The Kier molecular flexibility index (Phi) is 7.48. The summed E-state index contributed by atoms with van der Waals surface area (Å²) in [5, 5.41) is 7.71. The number of hydrogen-bond donors (Lipinski definition) is 2. The first kappa shape index (κ1) is 19.5. The average molecular weight is 339 g/mol. The molecule has 0 fully saturated rings. The number of hydrogen-bond acceptors (Lipinski definition) is 5. The van der Waals surface area contributed by atoms with Gasteiger partial charge in [-0.1, -0.05) is 6.07 Å². The summed E-state index contributed by atoms with van der Waals surface area (Å²) in [6, 6.07) is 4.06. The molecule has 1 atom stereocenters. The number of amides is 1. The van der Waals surface area contributed by atoms with Gasteiger partial charge in [0.15, 0.2) is 0 Å². The third-order valence-electron chi connectivity index (χ3n) is 2.60. The van der Waals surface area contributed by atoms with Gasteiger partial charge in [-0.25, -0.2) is 18.4 Å². The standard InChI is InChI=1S/C12H18N2O5S.ClH/c1-4-19-12(15)14-8(2)9-5-6-10(18-3)11(7-9)20(13,16)17;/h5-8H,4H2,1-3H3,(H,14,15)(H2,13,16,17);1H/t8-;/m0./s1. The molecule has 1 aromatic carbocycles. The summed E-state index contributed by atoms with van der Waals surface area (Å²) < 4.78 is 32.7.